The zero-order chi connectivity index (χ0) is 23.3. The predicted molar refractivity (Wildman–Crippen MR) is 68.8 cm³/mol. The van der Waals surface area contributed by atoms with Crippen LogP contribution in [-0.2, 0) is 0 Å². The summed E-state index contributed by atoms with van der Waals surface area (Å²) in [5.74, 6) is 0. The summed E-state index contributed by atoms with van der Waals surface area (Å²) in [5.41, 5.74) is -4.09. The second-order valence-corrected chi connectivity index (χ2v) is 3.68. The second kappa shape index (κ2) is 5.17. The highest BCUT2D eigenvalue weighted by Crippen LogP contribution is 2.21. The van der Waals surface area contributed by atoms with Crippen molar-refractivity contribution in [1.29, 1.82) is 0 Å². The van der Waals surface area contributed by atoms with E-state index in [1.54, 1.807) is 5.32 Å². The second-order valence-electron chi connectivity index (χ2n) is 3.25. The van der Waals surface area contributed by atoms with Crippen LogP contribution in [0.2, 0.25) is 5.02 Å². The highest BCUT2D eigenvalue weighted by atomic mass is 35.5. The molecule has 1 aromatic carbocycles. The average molecular weight is 255 g/mol. The van der Waals surface area contributed by atoms with Crippen LogP contribution in [0.15, 0.2) is 24.3 Å². The summed E-state index contributed by atoms with van der Waals surface area (Å²) >= 11 is 5.80. The average Bonchev–Trinajstić information content (AvgIpc) is 2.46. The lowest BCUT2D eigenvalue weighted by Gasteiger charge is -2.29. The topological polar surface area (TPSA) is 32.3 Å². The number of aliphatic hydroxyl groups is 1. The molecule has 1 aromatic rings. The number of nitrogens with one attached hydrogen (secondary N) is 1. The Labute approximate surface area is 121 Å². The Morgan fingerprint density at radius 3 is 2.81 bits per heavy atom. The van der Waals surface area contributed by atoms with Crippen LogP contribution in [0.1, 0.15) is 56.9 Å². The SMILES string of the molecule is [2H]C([2H])([2H])C([2H])(NC(C([2H])([2H])[2H])(C([2H])([2H])[2H])C([2H])([2H])[2H])C(O)c1cccc(Cl)c1. The largest absolute Gasteiger partial charge is 0.387 e. The summed E-state index contributed by atoms with van der Waals surface area (Å²) in [5, 5.41) is 12.2. The molecule has 0 aromatic heterocycles. The van der Waals surface area contributed by atoms with Crippen LogP contribution in [0.25, 0.3) is 0 Å². The summed E-state index contributed by atoms with van der Waals surface area (Å²) < 4.78 is 99.7. The summed E-state index contributed by atoms with van der Waals surface area (Å²) in [6.45, 7) is -15.0. The molecule has 90 valence electrons. The minimum absolute atomic E-state index is 0.0446. The molecule has 0 fully saturated rings. The Morgan fingerprint density at radius 2 is 2.25 bits per heavy atom. The monoisotopic (exact) mass is 254 g/mol. The van der Waals surface area contributed by atoms with Gasteiger partial charge < -0.3 is 10.4 Å². The molecule has 0 aliphatic heterocycles. The van der Waals surface area contributed by atoms with E-state index in [-0.39, 0.29) is 10.6 Å². The van der Waals surface area contributed by atoms with Crippen LogP contribution in [-0.4, -0.2) is 16.7 Å². The van der Waals surface area contributed by atoms with E-state index in [0.29, 0.717) is 0 Å². The van der Waals surface area contributed by atoms with Crippen molar-refractivity contribution in [2.75, 3.05) is 0 Å². The third-order valence-electron chi connectivity index (χ3n) is 1.76. The highest BCUT2D eigenvalue weighted by molar-refractivity contribution is 6.30. The molecule has 2 unspecified atom stereocenters. The molecule has 0 amide bonds. The molecule has 0 radical (unpaired) electrons. The van der Waals surface area contributed by atoms with Crippen LogP contribution in [0.3, 0.4) is 0 Å². The molecule has 0 spiro atoms. The first-order chi connectivity index (χ1) is 12.6. The molecule has 0 saturated carbocycles. The minimum atomic E-state index is -3.83. The molecule has 0 heterocycles. The molecule has 16 heavy (non-hydrogen) atoms. The number of aliphatic hydroxyl groups excluding tert-OH is 1. The highest BCUT2D eigenvalue weighted by Gasteiger charge is 2.21. The number of hydrogen-bond acceptors (Lipinski definition) is 2. The maximum Gasteiger partial charge on any atom is 0.0940 e. The summed E-state index contributed by atoms with van der Waals surface area (Å²) in [6.07, 6.45) is -2.36. The van der Waals surface area contributed by atoms with Crippen molar-refractivity contribution in [3.63, 3.8) is 0 Å². The van der Waals surface area contributed by atoms with E-state index in [1.807, 2.05) is 0 Å². The molecule has 1 rings (SSSR count). The first-order valence-corrected chi connectivity index (χ1v) is 4.72. The lowest BCUT2D eigenvalue weighted by molar-refractivity contribution is 0.121. The first kappa shape index (κ1) is 3.98. The molecule has 0 saturated heterocycles. The van der Waals surface area contributed by atoms with Gasteiger partial charge in [-0.3, -0.25) is 0 Å². The molecule has 2 atom stereocenters. The van der Waals surface area contributed by atoms with Crippen molar-refractivity contribution in [3.05, 3.63) is 34.9 Å². The van der Waals surface area contributed by atoms with Gasteiger partial charge in [0.15, 0.2) is 0 Å². The van der Waals surface area contributed by atoms with Crippen LogP contribution in [0.5, 0.6) is 0 Å². The molecule has 3 heteroatoms. The van der Waals surface area contributed by atoms with Crippen molar-refractivity contribution < 1.29 is 22.9 Å². The third kappa shape index (κ3) is 4.12. The van der Waals surface area contributed by atoms with Gasteiger partial charge in [0.1, 0.15) is 0 Å². The van der Waals surface area contributed by atoms with Gasteiger partial charge in [-0.1, -0.05) is 23.7 Å². The van der Waals surface area contributed by atoms with Crippen LogP contribution < -0.4 is 5.32 Å². The number of halogens is 1. The van der Waals surface area contributed by atoms with Gasteiger partial charge >= 0.3 is 0 Å². The van der Waals surface area contributed by atoms with Gasteiger partial charge in [-0.05, 0) is 45.1 Å². The van der Waals surface area contributed by atoms with Crippen LogP contribution >= 0.6 is 11.6 Å². The summed E-state index contributed by atoms with van der Waals surface area (Å²) in [7, 11) is 0. The van der Waals surface area contributed by atoms with Crippen LogP contribution in [0, 0.1) is 0 Å². The van der Waals surface area contributed by atoms with Gasteiger partial charge in [0, 0.05) is 34.4 Å². The van der Waals surface area contributed by atoms with E-state index in [0.717, 1.165) is 6.07 Å². The smallest absolute Gasteiger partial charge is 0.0940 e. The Hall–Kier alpha value is -0.570. The summed E-state index contributed by atoms with van der Waals surface area (Å²) in [4.78, 5) is 0. The van der Waals surface area contributed by atoms with E-state index in [4.69, 9.17) is 29.4 Å². The number of rotatable bonds is 3. The molecule has 0 aliphatic carbocycles. The fourth-order valence-electron chi connectivity index (χ4n) is 1.11. The van der Waals surface area contributed by atoms with Crippen LogP contribution in [0.4, 0.5) is 0 Å². The zero-order valence-corrected chi connectivity index (χ0v) is 8.97. The van der Waals surface area contributed by atoms with E-state index < -0.39 is 45.1 Å². The van der Waals surface area contributed by atoms with Gasteiger partial charge in [-0.2, -0.15) is 0 Å². The van der Waals surface area contributed by atoms with Gasteiger partial charge in [-0.25, -0.2) is 0 Å². The fraction of sp³-hybridized carbons (Fsp3) is 0.538. The molecule has 0 aliphatic rings. The molecule has 2 N–H and O–H groups in total. The van der Waals surface area contributed by atoms with E-state index in [9.17, 15) is 5.11 Å². The molecule has 0 bridgehead atoms. The molecular formula is C13H20ClNO. The van der Waals surface area contributed by atoms with Gasteiger partial charge in [-0.15, -0.1) is 0 Å². The Morgan fingerprint density at radius 1 is 1.50 bits per heavy atom. The Bertz CT molecular complexity index is 687. The fourth-order valence-corrected chi connectivity index (χ4v) is 1.31. The third-order valence-corrected chi connectivity index (χ3v) is 2.00. The Balaban J connectivity index is 3.82. The number of hydrogen-bond donors (Lipinski definition) is 2. The quantitative estimate of drug-likeness (QED) is 0.869. The zero-order valence-electron chi connectivity index (χ0n) is 21.2. The van der Waals surface area contributed by atoms with E-state index >= 15 is 0 Å². The van der Waals surface area contributed by atoms with Gasteiger partial charge in [0.2, 0.25) is 0 Å². The standard InChI is InChI=1S/C13H20ClNO/c1-9(15-13(2,3)4)12(16)10-6-5-7-11(14)8-10/h5-9,12,15-16H,1-4H3/i1D3,2D3,3D3,4D3,9D. The Kier molecular flexibility index (Phi) is 1.29. The van der Waals surface area contributed by atoms with E-state index in [2.05, 4.69) is 0 Å². The maximum absolute atomic E-state index is 10.6. The maximum atomic E-state index is 10.6. The van der Waals surface area contributed by atoms with Crippen molar-refractivity contribution in [2.24, 2.45) is 0 Å². The van der Waals surface area contributed by atoms with Gasteiger partial charge in [0.25, 0.3) is 0 Å². The van der Waals surface area contributed by atoms with E-state index in [1.165, 1.54) is 18.2 Å². The summed E-state index contributed by atoms with van der Waals surface area (Å²) in [6, 6.07) is 1.52. The van der Waals surface area contributed by atoms with Crippen molar-refractivity contribution in [2.45, 2.75) is 45.1 Å². The van der Waals surface area contributed by atoms with Crippen molar-refractivity contribution >= 4 is 11.6 Å². The lowest BCUT2D eigenvalue weighted by atomic mass is 10.00. The minimum Gasteiger partial charge on any atom is -0.387 e. The predicted octanol–water partition coefficient (Wildman–Crippen LogP) is 3.15. The van der Waals surface area contributed by atoms with Crippen molar-refractivity contribution in [3.8, 4) is 0 Å². The first-order valence-electron chi connectivity index (χ1n) is 10.8. The lowest BCUT2D eigenvalue weighted by Crippen LogP contribution is -2.44. The molecule has 2 nitrogen and oxygen atoms in total. The van der Waals surface area contributed by atoms with Crippen molar-refractivity contribution in [1.82, 2.24) is 5.32 Å². The molecular weight excluding hydrogens is 222 g/mol. The normalized spacial score (nSPS) is 33.0. The van der Waals surface area contributed by atoms with Gasteiger partial charge in [0.05, 0.1) is 6.10 Å². The number of benzene rings is 1.